The Kier molecular flexibility index (Phi) is 5.81. The van der Waals surface area contributed by atoms with Gasteiger partial charge in [0.1, 0.15) is 6.61 Å². The molecule has 0 saturated carbocycles. The first kappa shape index (κ1) is 13.2. The van der Waals surface area contributed by atoms with Crippen molar-refractivity contribution < 1.29 is 14.7 Å². The highest BCUT2D eigenvalue weighted by molar-refractivity contribution is 5.97. The molecule has 3 N–H and O–H groups in total. The lowest BCUT2D eigenvalue weighted by Gasteiger charge is -2.06. The summed E-state index contributed by atoms with van der Waals surface area (Å²) >= 11 is 0. The van der Waals surface area contributed by atoms with Crippen LogP contribution in [0.3, 0.4) is 0 Å². The maximum absolute atomic E-state index is 8.53. The predicted octanol–water partition coefficient (Wildman–Crippen LogP) is 0.981. The minimum Gasteiger partial charge on any atom is -0.475 e. The average Bonchev–Trinajstić information content (AvgIpc) is 2.38. The Morgan fingerprint density at radius 1 is 1.47 bits per heavy atom. The van der Waals surface area contributed by atoms with Gasteiger partial charge in [-0.05, 0) is 12.5 Å². The van der Waals surface area contributed by atoms with Crippen LogP contribution in [0.15, 0.2) is 23.5 Å². The molecule has 0 unspecified atom stereocenters. The Labute approximate surface area is 100 Å². The minimum absolute atomic E-state index is 0.0273. The normalized spacial score (nSPS) is 11.5. The number of nitrogens with two attached hydrogens (primary N) is 1. The lowest BCUT2D eigenvalue weighted by atomic mass is 10.2. The van der Waals surface area contributed by atoms with Crippen molar-refractivity contribution in [2.24, 2.45) is 10.9 Å². The molecule has 94 valence electrons. The van der Waals surface area contributed by atoms with E-state index in [0.29, 0.717) is 24.7 Å². The Balaban J connectivity index is 2.43. The Bertz CT molecular complexity index is 369. The van der Waals surface area contributed by atoms with E-state index < -0.39 is 0 Å². The molecule has 1 rings (SSSR count). The van der Waals surface area contributed by atoms with Crippen LogP contribution in [0.2, 0.25) is 0 Å². The molecule has 0 fully saturated rings. The molecule has 0 bridgehead atoms. The lowest BCUT2D eigenvalue weighted by molar-refractivity contribution is 0.0990. The number of amidine groups is 1. The van der Waals surface area contributed by atoms with E-state index in [1.165, 1.54) is 6.20 Å². The third kappa shape index (κ3) is 4.69. The summed E-state index contributed by atoms with van der Waals surface area (Å²) < 4.78 is 10.6. The summed E-state index contributed by atoms with van der Waals surface area (Å²) in [6.45, 7) is 3.71. The molecule has 17 heavy (non-hydrogen) atoms. The summed E-state index contributed by atoms with van der Waals surface area (Å²) in [7, 11) is 0. The molecule has 0 spiro atoms. The standard InChI is InChI=1S/C11H17N3O3/c1-2-5-16-6-7-17-10-8-9(3-4-13-10)11(12)14-15/h3-4,8,15H,2,5-7H2,1H3,(H2,12,14). The van der Waals surface area contributed by atoms with Crippen LogP contribution in [0.5, 0.6) is 5.88 Å². The largest absolute Gasteiger partial charge is 0.475 e. The van der Waals surface area contributed by atoms with Crippen molar-refractivity contribution in [2.45, 2.75) is 13.3 Å². The summed E-state index contributed by atoms with van der Waals surface area (Å²) in [6.07, 6.45) is 2.52. The monoisotopic (exact) mass is 239 g/mol. The summed E-state index contributed by atoms with van der Waals surface area (Å²) in [5.74, 6) is 0.452. The quantitative estimate of drug-likeness (QED) is 0.243. The maximum Gasteiger partial charge on any atom is 0.213 e. The van der Waals surface area contributed by atoms with Crippen molar-refractivity contribution in [3.63, 3.8) is 0 Å². The number of pyridine rings is 1. The fraction of sp³-hybridized carbons (Fsp3) is 0.455. The van der Waals surface area contributed by atoms with Crippen molar-refractivity contribution in [1.82, 2.24) is 4.98 Å². The number of hydrogen-bond acceptors (Lipinski definition) is 5. The molecule has 6 heteroatoms. The van der Waals surface area contributed by atoms with Gasteiger partial charge in [-0.15, -0.1) is 0 Å². The van der Waals surface area contributed by atoms with Gasteiger partial charge in [-0.25, -0.2) is 4.98 Å². The average molecular weight is 239 g/mol. The zero-order valence-electron chi connectivity index (χ0n) is 9.80. The van der Waals surface area contributed by atoms with Crippen LogP contribution in [0.4, 0.5) is 0 Å². The van der Waals surface area contributed by atoms with Crippen LogP contribution >= 0.6 is 0 Å². The molecule has 6 nitrogen and oxygen atoms in total. The number of hydrogen-bond donors (Lipinski definition) is 2. The van der Waals surface area contributed by atoms with Crippen LogP contribution in [-0.2, 0) is 4.74 Å². The van der Waals surface area contributed by atoms with Crippen LogP contribution in [-0.4, -0.2) is 35.8 Å². The Hall–Kier alpha value is -1.82. The highest BCUT2D eigenvalue weighted by Crippen LogP contribution is 2.08. The highest BCUT2D eigenvalue weighted by Gasteiger charge is 2.02. The van der Waals surface area contributed by atoms with E-state index in [2.05, 4.69) is 10.1 Å². The molecule has 0 aliphatic carbocycles. The molecular formula is C11H17N3O3. The second kappa shape index (κ2) is 7.45. The second-order valence-electron chi connectivity index (χ2n) is 3.33. The van der Waals surface area contributed by atoms with Gasteiger partial charge in [-0.2, -0.15) is 0 Å². The molecule has 0 radical (unpaired) electrons. The SMILES string of the molecule is CCCOCCOc1cc(C(N)=NO)ccn1. The molecule has 1 aromatic heterocycles. The maximum atomic E-state index is 8.53. The van der Waals surface area contributed by atoms with Gasteiger partial charge in [0.2, 0.25) is 5.88 Å². The van der Waals surface area contributed by atoms with Gasteiger partial charge in [-0.3, -0.25) is 0 Å². The summed E-state index contributed by atoms with van der Waals surface area (Å²) in [6, 6.07) is 3.24. The zero-order valence-corrected chi connectivity index (χ0v) is 9.80. The van der Waals surface area contributed by atoms with Gasteiger partial charge in [0.25, 0.3) is 0 Å². The van der Waals surface area contributed by atoms with Crippen molar-refractivity contribution in [2.75, 3.05) is 19.8 Å². The molecule has 0 aliphatic heterocycles. The molecular weight excluding hydrogens is 222 g/mol. The lowest BCUT2D eigenvalue weighted by Crippen LogP contribution is -2.14. The van der Waals surface area contributed by atoms with E-state index in [1.54, 1.807) is 12.1 Å². The fourth-order valence-corrected chi connectivity index (χ4v) is 1.16. The first-order valence-corrected chi connectivity index (χ1v) is 5.42. The number of oxime groups is 1. The van der Waals surface area contributed by atoms with Gasteiger partial charge in [0, 0.05) is 24.4 Å². The predicted molar refractivity (Wildman–Crippen MR) is 63.4 cm³/mol. The van der Waals surface area contributed by atoms with E-state index in [4.69, 9.17) is 20.4 Å². The molecule has 0 amide bonds. The van der Waals surface area contributed by atoms with Gasteiger partial charge in [0.05, 0.1) is 6.61 Å². The van der Waals surface area contributed by atoms with Crippen LogP contribution in [0.25, 0.3) is 0 Å². The van der Waals surface area contributed by atoms with E-state index in [1.807, 2.05) is 6.92 Å². The van der Waals surface area contributed by atoms with E-state index >= 15 is 0 Å². The number of aromatic nitrogens is 1. The fourth-order valence-electron chi connectivity index (χ4n) is 1.16. The summed E-state index contributed by atoms with van der Waals surface area (Å²) in [4.78, 5) is 4.00. The van der Waals surface area contributed by atoms with Crippen LogP contribution in [0, 0.1) is 0 Å². The Morgan fingerprint density at radius 2 is 2.29 bits per heavy atom. The molecule has 1 aromatic rings. The zero-order chi connectivity index (χ0) is 12.5. The van der Waals surface area contributed by atoms with Gasteiger partial charge < -0.3 is 20.4 Å². The van der Waals surface area contributed by atoms with E-state index in [9.17, 15) is 0 Å². The smallest absolute Gasteiger partial charge is 0.213 e. The van der Waals surface area contributed by atoms with Crippen molar-refractivity contribution >= 4 is 5.84 Å². The third-order valence-corrected chi connectivity index (χ3v) is 1.96. The van der Waals surface area contributed by atoms with Crippen molar-refractivity contribution in [3.8, 4) is 5.88 Å². The molecule has 0 aliphatic rings. The summed E-state index contributed by atoms with van der Waals surface area (Å²) in [5, 5.41) is 11.4. The van der Waals surface area contributed by atoms with Crippen molar-refractivity contribution in [3.05, 3.63) is 23.9 Å². The van der Waals surface area contributed by atoms with Crippen LogP contribution < -0.4 is 10.5 Å². The molecule has 0 atom stereocenters. The number of rotatable bonds is 7. The van der Waals surface area contributed by atoms with Gasteiger partial charge in [-0.1, -0.05) is 12.1 Å². The van der Waals surface area contributed by atoms with Gasteiger partial charge >= 0.3 is 0 Å². The molecule has 0 saturated heterocycles. The second-order valence-corrected chi connectivity index (χ2v) is 3.33. The Morgan fingerprint density at radius 3 is 3.00 bits per heavy atom. The molecule has 1 heterocycles. The van der Waals surface area contributed by atoms with E-state index in [-0.39, 0.29) is 5.84 Å². The van der Waals surface area contributed by atoms with Gasteiger partial charge in [0.15, 0.2) is 5.84 Å². The minimum atomic E-state index is 0.0273. The number of ether oxygens (including phenoxy) is 2. The number of nitrogens with zero attached hydrogens (tertiary/aromatic N) is 2. The van der Waals surface area contributed by atoms with E-state index in [0.717, 1.165) is 13.0 Å². The first-order chi connectivity index (χ1) is 8.27. The summed E-state index contributed by atoms with van der Waals surface area (Å²) in [5.41, 5.74) is 6.01. The third-order valence-electron chi connectivity index (χ3n) is 1.96. The molecule has 0 aromatic carbocycles. The first-order valence-electron chi connectivity index (χ1n) is 5.42. The highest BCUT2D eigenvalue weighted by atomic mass is 16.5. The van der Waals surface area contributed by atoms with Crippen LogP contribution in [0.1, 0.15) is 18.9 Å². The topological polar surface area (TPSA) is 90.0 Å². The van der Waals surface area contributed by atoms with Crippen molar-refractivity contribution in [1.29, 1.82) is 0 Å².